The van der Waals surface area contributed by atoms with Crippen LogP contribution in [0, 0.1) is 10.1 Å². The van der Waals surface area contributed by atoms with Crippen LogP contribution in [-0.2, 0) is 4.79 Å². The average Bonchev–Trinajstić information content (AvgIpc) is 2.45. The highest BCUT2D eigenvalue weighted by molar-refractivity contribution is 5.78. The molecule has 21 heavy (non-hydrogen) atoms. The average molecular weight is 294 g/mol. The van der Waals surface area contributed by atoms with Crippen LogP contribution in [0.15, 0.2) is 24.3 Å². The summed E-state index contributed by atoms with van der Waals surface area (Å²) in [6, 6.07) is 5.95. The summed E-state index contributed by atoms with van der Waals surface area (Å²) in [4.78, 5) is 23.9. The Balaban J connectivity index is 1.92. The Morgan fingerprint density at radius 2 is 2.05 bits per heavy atom. The molecule has 114 valence electrons. The van der Waals surface area contributed by atoms with Crippen LogP contribution in [0.25, 0.3) is 0 Å². The van der Waals surface area contributed by atoms with Crippen molar-refractivity contribution in [2.24, 2.45) is 0 Å². The van der Waals surface area contributed by atoms with Gasteiger partial charge in [0.05, 0.1) is 10.5 Å². The second-order valence-corrected chi connectivity index (χ2v) is 5.39. The first-order valence-corrected chi connectivity index (χ1v) is 6.75. The number of hydrogen-bond donors (Lipinski definition) is 1. The van der Waals surface area contributed by atoms with Gasteiger partial charge in [0.1, 0.15) is 0 Å². The van der Waals surface area contributed by atoms with Crippen molar-refractivity contribution in [3.05, 3.63) is 34.4 Å². The molecule has 0 radical (unpaired) electrons. The number of likely N-dealkylation sites (tertiary alicyclic amines) is 1. The number of ether oxygens (including phenoxy) is 1. The molecule has 7 nitrogen and oxygen atoms in total. The number of nitrogens with zero attached hydrogens (tertiary/aromatic N) is 2. The van der Waals surface area contributed by atoms with Crippen molar-refractivity contribution in [3.8, 4) is 5.75 Å². The SMILES string of the molecule is CC1(O)CCN(C(=O)COc2ccccc2[N+](=O)[O-])CC1. The number of nitro groups is 1. The van der Waals surface area contributed by atoms with Gasteiger partial charge in [-0.25, -0.2) is 0 Å². The van der Waals surface area contributed by atoms with Crippen LogP contribution in [0.1, 0.15) is 19.8 Å². The van der Waals surface area contributed by atoms with Gasteiger partial charge < -0.3 is 14.7 Å². The van der Waals surface area contributed by atoms with E-state index in [0.29, 0.717) is 25.9 Å². The van der Waals surface area contributed by atoms with Crippen molar-refractivity contribution in [3.63, 3.8) is 0 Å². The molecule has 1 aliphatic rings. The maximum Gasteiger partial charge on any atom is 0.310 e. The van der Waals surface area contributed by atoms with Crippen LogP contribution in [0.5, 0.6) is 5.75 Å². The molecule has 0 aliphatic carbocycles. The Labute approximate surface area is 122 Å². The number of piperidine rings is 1. The smallest absolute Gasteiger partial charge is 0.310 e. The molecule has 1 N–H and O–H groups in total. The zero-order valence-corrected chi connectivity index (χ0v) is 11.8. The van der Waals surface area contributed by atoms with Gasteiger partial charge in [0, 0.05) is 19.2 Å². The number of carbonyl (C=O) groups is 1. The Morgan fingerprint density at radius 1 is 1.43 bits per heavy atom. The third-order valence-corrected chi connectivity index (χ3v) is 3.61. The fourth-order valence-electron chi connectivity index (χ4n) is 2.20. The number of para-hydroxylation sites is 2. The minimum atomic E-state index is -0.726. The lowest BCUT2D eigenvalue weighted by molar-refractivity contribution is -0.385. The molecule has 0 aromatic heterocycles. The van der Waals surface area contributed by atoms with Crippen molar-refractivity contribution in [1.29, 1.82) is 0 Å². The number of rotatable bonds is 4. The second-order valence-electron chi connectivity index (χ2n) is 5.39. The molecule has 7 heteroatoms. The highest BCUT2D eigenvalue weighted by Gasteiger charge is 2.29. The van der Waals surface area contributed by atoms with Gasteiger partial charge in [0.25, 0.3) is 5.91 Å². The van der Waals surface area contributed by atoms with Crippen molar-refractivity contribution in [1.82, 2.24) is 4.90 Å². The lowest BCUT2D eigenvalue weighted by Gasteiger charge is -2.35. The van der Waals surface area contributed by atoms with E-state index in [-0.39, 0.29) is 24.0 Å². The van der Waals surface area contributed by atoms with E-state index < -0.39 is 10.5 Å². The van der Waals surface area contributed by atoms with Gasteiger partial charge in [-0.2, -0.15) is 0 Å². The third-order valence-electron chi connectivity index (χ3n) is 3.61. The normalized spacial score (nSPS) is 17.3. The Bertz CT molecular complexity index is 534. The molecule has 1 heterocycles. The fourth-order valence-corrected chi connectivity index (χ4v) is 2.20. The first-order chi connectivity index (χ1) is 9.89. The number of carbonyl (C=O) groups excluding carboxylic acids is 1. The van der Waals surface area contributed by atoms with Gasteiger partial charge >= 0.3 is 5.69 Å². The number of nitro benzene ring substituents is 1. The molecule has 0 unspecified atom stereocenters. The van der Waals surface area contributed by atoms with Gasteiger partial charge in [-0.05, 0) is 25.8 Å². The maximum atomic E-state index is 12.0. The van der Waals surface area contributed by atoms with Crippen LogP contribution < -0.4 is 4.74 Å². The van der Waals surface area contributed by atoms with Crippen molar-refractivity contribution in [2.45, 2.75) is 25.4 Å². The molecule has 1 aliphatic heterocycles. The summed E-state index contributed by atoms with van der Waals surface area (Å²) >= 11 is 0. The number of benzene rings is 1. The summed E-state index contributed by atoms with van der Waals surface area (Å²) in [5.41, 5.74) is -0.887. The van der Waals surface area contributed by atoms with Gasteiger partial charge in [0.15, 0.2) is 12.4 Å². The molecule has 1 fully saturated rings. The molecular weight excluding hydrogens is 276 g/mol. The van der Waals surface area contributed by atoms with Crippen LogP contribution >= 0.6 is 0 Å². The Hall–Kier alpha value is -2.15. The predicted molar refractivity (Wildman–Crippen MR) is 75.0 cm³/mol. The van der Waals surface area contributed by atoms with Gasteiger partial charge in [0.2, 0.25) is 0 Å². The van der Waals surface area contributed by atoms with E-state index in [2.05, 4.69) is 0 Å². The van der Waals surface area contributed by atoms with E-state index in [1.165, 1.54) is 12.1 Å². The topological polar surface area (TPSA) is 92.9 Å². The molecule has 1 aromatic carbocycles. The molecule has 0 spiro atoms. The first-order valence-electron chi connectivity index (χ1n) is 6.75. The maximum absolute atomic E-state index is 12.0. The zero-order valence-electron chi connectivity index (χ0n) is 11.8. The van der Waals surface area contributed by atoms with Crippen LogP contribution in [-0.4, -0.2) is 46.1 Å². The van der Waals surface area contributed by atoms with Crippen molar-refractivity contribution < 1.29 is 19.6 Å². The van der Waals surface area contributed by atoms with Gasteiger partial charge in [-0.3, -0.25) is 14.9 Å². The lowest BCUT2D eigenvalue weighted by Crippen LogP contribution is -2.46. The summed E-state index contributed by atoms with van der Waals surface area (Å²) < 4.78 is 5.27. The summed E-state index contributed by atoms with van der Waals surface area (Å²) in [5.74, 6) is -0.150. The van der Waals surface area contributed by atoms with Crippen LogP contribution in [0.3, 0.4) is 0 Å². The van der Waals surface area contributed by atoms with Crippen molar-refractivity contribution >= 4 is 11.6 Å². The highest BCUT2D eigenvalue weighted by atomic mass is 16.6. The van der Waals surface area contributed by atoms with E-state index in [4.69, 9.17) is 4.74 Å². The molecule has 1 aromatic rings. The summed E-state index contributed by atoms with van der Waals surface area (Å²) in [6.45, 7) is 2.43. The van der Waals surface area contributed by atoms with E-state index in [0.717, 1.165) is 0 Å². The molecule has 1 amide bonds. The van der Waals surface area contributed by atoms with E-state index in [9.17, 15) is 20.0 Å². The largest absolute Gasteiger partial charge is 0.477 e. The lowest BCUT2D eigenvalue weighted by atomic mass is 9.94. The molecule has 2 rings (SSSR count). The zero-order chi connectivity index (χ0) is 15.5. The first kappa shape index (κ1) is 15.2. The van der Waals surface area contributed by atoms with Gasteiger partial charge in [-0.15, -0.1) is 0 Å². The minimum Gasteiger partial charge on any atom is -0.477 e. The van der Waals surface area contributed by atoms with E-state index >= 15 is 0 Å². The number of aliphatic hydroxyl groups is 1. The highest BCUT2D eigenvalue weighted by Crippen LogP contribution is 2.26. The number of amides is 1. The third kappa shape index (κ3) is 3.91. The molecule has 1 saturated heterocycles. The molecular formula is C14H18N2O5. The molecule has 0 saturated carbocycles. The summed E-state index contributed by atoms with van der Waals surface area (Å²) in [5, 5.41) is 20.7. The monoisotopic (exact) mass is 294 g/mol. The fraction of sp³-hybridized carbons (Fsp3) is 0.500. The van der Waals surface area contributed by atoms with E-state index in [1.54, 1.807) is 24.0 Å². The predicted octanol–water partition coefficient (Wildman–Crippen LogP) is 1.35. The minimum absolute atomic E-state index is 0.0832. The molecule has 0 atom stereocenters. The standard InChI is InChI=1S/C14H18N2O5/c1-14(18)6-8-15(9-7-14)13(17)10-21-12-5-3-2-4-11(12)16(19)20/h2-5,18H,6-10H2,1H3. The van der Waals surface area contributed by atoms with E-state index in [1.807, 2.05) is 0 Å². The van der Waals surface area contributed by atoms with Gasteiger partial charge in [-0.1, -0.05) is 12.1 Å². The van der Waals surface area contributed by atoms with Crippen LogP contribution in [0.2, 0.25) is 0 Å². The quantitative estimate of drug-likeness (QED) is 0.668. The summed E-state index contributed by atoms with van der Waals surface area (Å²) in [7, 11) is 0. The van der Waals surface area contributed by atoms with Crippen LogP contribution in [0.4, 0.5) is 5.69 Å². The number of hydrogen-bond acceptors (Lipinski definition) is 5. The van der Waals surface area contributed by atoms with Crippen molar-refractivity contribution in [2.75, 3.05) is 19.7 Å². The molecule has 0 bridgehead atoms. The Kier molecular flexibility index (Phi) is 4.42. The summed E-state index contributed by atoms with van der Waals surface area (Å²) in [6.07, 6.45) is 1.04. The second kappa shape index (κ2) is 6.09. The Morgan fingerprint density at radius 3 is 2.67 bits per heavy atom.